The summed E-state index contributed by atoms with van der Waals surface area (Å²) < 4.78 is 5.52. The molecule has 0 spiro atoms. The highest BCUT2D eigenvalue weighted by atomic mass is 35.5. The maximum atomic E-state index is 10.8. The first kappa shape index (κ1) is 10.8. The third kappa shape index (κ3) is 2.64. The van der Waals surface area contributed by atoms with Crippen LogP contribution in [0.15, 0.2) is 12.1 Å². The normalized spacial score (nSPS) is 15.1. The summed E-state index contributed by atoms with van der Waals surface area (Å²) in [6, 6.07) is 3.14. The van der Waals surface area contributed by atoms with Crippen LogP contribution in [0.1, 0.15) is 23.2 Å². The Morgan fingerprint density at radius 1 is 1.40 bits per heavy atom. The second kappa shape index (κ2) is 4.42. The Bertz CT molecular complexity index is 386. The van der Waals surface area contributed by atoms with Crippen LogP contribution in [-0.4, -0.2) is 12.9 Å². The van der Waals surface area contributed by atoms with E-state index < -0.39 is 0 Å². The molecule has 0 N–H and O–H groups in total. The van der Waals surface area contributed by atoms with Gasteiger partial charge < -0.3 is 4.74 Å². The van der Waals surface area contributed by atoms with Crippen LogP contribution in [0.4, 0.5) is 0 Å². The molecule has 0 saturated heterocycles. The van der Waals surface area contributed by atoms with Crippen molar-refractivity contribution in [1.82, 2.24) is 0 Å². The van der Waals surface area contributed by atoms with Crippen LogP contribution >= 0.6 is 23.2 Å². The number of hydrogen-bond donors (Lipinski definition) is 0. The molecule has 1 saturated carbocycles. The van der Waals surface area contributed by atoms with Gasteiger partial charge in [-0.3, -0.25) is 4.79 Å². The monoisotopic (exact) mass is 244 g/mol. The zero-order chi connectivity index (χ0) is 10.8. The molecule has 2 nitrogen and oxygen atoms in total. The number of carbonyl (C=O) groups is 1. The fourth-order valence-corrected chi connectivity index (χ4v) is 1.87. The van der Waals surface area contributed by atoms with E-state index in [0.717, 1.165) is 0 Å². The Labute approximate surface area is 98.1 Å². The van der Waals surface area contributed by atoms with Crippen LogP contribution in [0.25, 0.3) is 0 Å². The molecule has 1 fully saturated rings. The van der Waals surface area contributed by atoms with E-state index in [9.17, 15) is 4.79 Å². The van der Waals surface area contributed by atoms with Crippen LogP contribution < -0.4 is 4.74 Å². The molecular formula is C11H10Cl2O2. The first-order valence-electron chi connectivity index (χ1n) is 4.77. The predicted molar refractivity (Wildman–Crippen MR) is 60.1 cm³/mol. The van der Waals surface area contributed by atoms with Crippen LogP contribution in [-0.2, 0) is 0 Å². The maximum Gasteiger partial charge on any atom is 0.153 e. The van der Waals surface area contributed by atoms with Crippen molar-refractivity contribution >= 4 is 29.5 Å². The van der Waals surface area contributed by atoms with Crippen molar-refractivity contribution in [2.24, 2.45) is 5.92 Å². The lowest BCUT2D eigenvalue weighted by molar-refractivity contribution is 0.111. The second-order valence-electron chi connectivity index (χ2n) is 3.68. The van der Waals surface area contributed by atoms with Crippen molar-refractivity contribution < 1.29 is 9.53 Å². The SMILES string of the molecule is O=Cc1cc(Cl)cc(Cl)c1OCC1CC1. The van der Waals surface area contributed by atoms with Gasteiger partial charge in [0.2, 0.25) is 0 Å². The summed E-state index contributed by atoms with van der Waals surface area (Å²) in [7, 11) is 0. The number of aldehydes is 1. The number of hydrogen-bond acceptors (Lipinski definition) is 2. The van der Waals surface area contributed by atoms with E-state index in [0.29, 0.717) is 40.2 Å². The molecule has 1 aliphatic carbocycles. The first-order valence-corrected chi connectivity index (χ1v) is 5.53. The molecule has 0 atom stereocenters. The summed E-state index contributed by atoms with van der Waals surface area (Å²) in [5, 5.41) is 0.839. The van der Waals surface area contributed by atoms with Gasteiger partial charge in [-0.1, -0.05) is 23.2 Å². The molecule has 0 unspecified atom stereocenters. The van der Waals surface area contributed by atoms with Gasteiger partial charge in [0, 0.05) is 5.02 Å². The van der Waals surface area contributed by atoms with Crippen molar-refractivity contribution in [1.29, 1.82) is 0 Å². The predicted octanol–water partition coefficient (Wildman–Crippen LogP) is 3.59. The lowest BCUT2D eigenvalue weighted by Gasteiger charge is -2.09. The third-order valence-corrected chi connectivity index (χ3v) is 2.82. The van der Waals surface area contributed by atoms with Crippen molar-refractivity contribution in [3.63, 3.8) is 0 Å². The fourth-order valence-electron chi connectivity index (χ4n) is 1.31. The van der Waals surface area contributed by atoms with Gasteiger partial charge >= 0.3 is 0 Å². The minimum atomic E-state index is 0.394. The zero-order valence-corrected chi connectivity index (χ0v) is 9.52. The maximum absolute atomic E-state index is 10.8. The van der Waals surface area contributed by atoms with Gasteiger partial charge in [-0.05, 0) is 30.9 Å². The number of rotatable bonds is 4. The molecule has 0 heterocycles. The molecule has 0 bridgehead atoms. The Balaban J connectivity index is 2.21. The minimum absolute atomic E-state index is 0.394. The summed E-state index contributed by atoms with van der Waals surface area (Å²) >= 11 is 11.7. The molecule has 0 radical (unpaired) electrons. The first-order chi connectivity index (χ1) is 7.20. The van der Waals surface area contributed by atoms with Crippen LogP contribution in [0, 0.1) is 5.92 Å². The van der Waals surface area contributed by atoms with Gasteiger partial charge in [0.1, 0.15) is 5.75 Å². The molecule has 1 aromatic carbocycles. The Morgan fingerprint density at radius 3 is 2.73 bits per heavy atom. The lowest BCUT2D eigenvalue weighted by atomic mass is 10.2. The summed E-state index contributed by atoms with van der Waals surface area (Å²) in [6.07, 6.45) is 3.10. The van der Waals surface area contributed by atoms with Crippen LogP contribution in [0.3, 0.4) is 0 Å². The molecule has 1 aliphatic rings. The highest BCUT2D eigenvalue weighted by Gasteiger charge is 2.23. The average Bonchev–Trinajstić information content (AvgIpc) is 2.99. The van der Waals surface area contributed by atoms with E-state index in [1.807, 2.05) is 0 Å². The van der Waals surface area contributed by atoms with E-state index in [-0.39, 0.29) is 0 Å². The number of benzene rings is 1. The van der Waals surface area contributed by atoms with E-state index in [1.165, 1.54) is 12.8 Å². The Kier molecular flexibility index (Phi) is 3.17. The van der Waals surface area contributed by atoms with Gasteiger partial charge in [-0.2, -0.15) is 0 Å². The third-order valence-electron chi connectivity index (χ3n) is 2.32. The molecule has 2 rings (SSSR count). The van der Waals surface area contributed by atoms with Gasteiger partial charge in [0.05, 0.1) is 17.2 Å². The average molecular weight is 245 g/mol. The van der Waals surface area contributed by atoms with Crippen LogP contribution in [0.5, 0.6) is 5.75 Å². The number of ether oxygens (including phenoxy) is 1. The summed E-state index contributed by atoms with van der Waals surface area (Å²) in [6.45, 7) is 0.627. The largest absolute Gasteiger partial charge is 0.491 e. The zero-order valence-electron chi connectivity index (χ0n) is 8.00. The highest BCUT2D eigenvalue weighted by Crippen LogP contribution is 2.34. The quantitative estimate of drug-likeness (QED) is 0.757. The standard InChI is InChI=1S/C11H10Cl2O2/c12-9-3-8(5-14)11(10(13)4-9)15-6-7-1-2-7/h3-5,7H,1-2,6H2. The molecule has 15 heavy (non-hydrogen) atoms. The summed E-state index contributed by atoms with van der Waals surface area (Å²) in [5.74, 6) is 1.07. The van der Waals surface area contributed by atoms with E-state index in [4.69, 9.17) is 27.9 Å². The summed E-state index contributed by atoms with van der Waals surface area (Å²) in [4.78, 5) is 10.8. The fraction of sp³-hybridized carbons (Fsp3) is 0.364. The molecular weight excluding hydrogens is 235 g/mol. The number of halogens is 2. The topological polar surface area (TPSA) is 26.3 Å². The summed E-state index contributed by atoms with van der Waals surface area (Å²) in [5.41, 5.74) is 0.410. The van der Waals surface area contributed by atoms with E-state index in [2.05, 4.69) is 0 Å². The smallest absolute Gasteiger partial charge is 0.153 e. The van der Waals surface area contributed by atoms with Crippen molar-refractivity contribution in [3.8, 4) is 5.75 Å². The van der Waals surface area contributed by atoms with Gasteiger partial charge in [-0.15, -0.1) is 0 Å². The number of carbonyl (C=O) groups excluding carboxylic acids is 1. The highest BCUT2D eigenvalue weighted by molar-refractivity contribution is 6.36. The molecule has 80 valence electrons. The molecule has 0 aliphatic heterocycles. The molecule has 1 aromatic rings. The van der Waals surface area contributed by atoms with Gasteiger partial charge in [0.15, 0.2) is 6.29 Å². The van der Waals surface area contributed by atoms with Crippen molar-refractivity contribution in [3.05, 3.63) is 27.7 Å². The lowest BCUT2D eigenvalue weighted by Crippen LogP contribution is -2.02. The van der Waals surface area contributed by atoms with Crippen LogP contribution in [0.2, 0.25) is 10.0 Å². The molecule has 0 aromatic heterocycles. The second-order valence-corrected chi connectivity index (χ2v) is 4.52. The van der Waals surface area contributed by atoms with E-state index >= 15 is 0 Å². The van der Waals surface area contributed by atoms with Crippen molar-refractivity contribution in [2.45, 2.75) is 12.8 Å². The van der Waals surface area contributed by atoms with Gasteiger partial charge in [-0.25, -0.2) is 0 Å². The van der Waals surface area contributed by atoms with Gasteiger partial charge in [0.25, 0.3) is 0 Å². The Morgan fingerprint density at radius 2 is 2.13 bits per heavy atom. The minimum Gasteiger partial charge on any atom is -0.491 e. The Hall–Kier alpha value is -0.730. The van der Waals surface area contributed by atoms with E-state index in [1.54, 1.807) is 12.1 Å². The molecule has 4 heteroatoms. The van der Waals surface area contributed by atoms with Crippen molar-refractivity contribution in [2.75, 3.05) is 6.61 Å². The molecule has 0 amide bonds.